The fraction of sp³-hybridized carbons (Fsp3) is 0.714. The second-order valence-electron chi connectivity index (χ2n) is 5.73. The molecule has 0 atom stereocenters. The lowest BCUT2D eigenvalue weighted by Crippen LogP contribution is -2.42. The van der Waals surface area contributed by atoms with Crippen LogP contribution in [-0.4, -0.2) is 54.2 Å². The van der Waals surface area contributed by atoms with Crippen LogP contribution in [0.15, 0.2) is 6.33 Å². The molecule has 0 spiro atoms. The van der Waals surface area contributed by atoms with Crippen molar-refractivity contribution in [3.05, 3.63) is 6.33 Å². The number of nitrogens with two attached hydrogens (primary N) is 1. The van der Waals surface area contributed by atoms with Crippen molar-refractivity contribution < 1.29 is 4.74 Å². The standard InChI is InChI=1S/C14H25N5O/c1-10(2)20-14-12(15)13(16-9-17-14)19(4)11-5-7-18(3)8-6-11/h9-11H,5-8,15H2,1-4H3. The summed E-state index contributed by atoms with van der Waals surface area (Å²) in [5, 5.41) is 0. The van der Waals surface area contributed by atoms with Crippen molar-refractivity contribution in [1.82, 2.24) is 14.9 Å². The van der Waals surface area contributed by atoms with Crippen LogP contribution in [0.3, 0.4) is 0 Å². The molecular weight excluding hydrogens is 254 g/mol. The van der Waals surface area contributed by atoms with Crippen LogP contribution >= 0.6 is 0 Å². The third-order valence-electron chi connectivity index (χ3n) is 3.74. The summed E-state index contributed by atoms with van der Waals surface area (Å²) in [6, 6.07) is 0.468. The van der Waals surface area contributed by atoms with E-state index in [1.807, 2.05) is 20.9 Å². The predicted molar refractivity (Wildman–Crippen MR) is 81.1 cm³/mol. The van der Waals surface area contributed by atoms with Gasteiger partial charge in [0.1, 0.15) is 12.0 Å². The van der Waals surface area contributed by atoms with Gasteiger partial charge in [0.25, 0.3) is 0 Å². The van der Waals surface area contributed by atoms with Gasteiger partial charge < -0.3 is 20.3 Å². The van der Waals surface area contributed by atoms with E-state index in [-0.39, 0.29) is 6.10 Å². The van der Waals surface area contributed by atoms with Crippen LogP contribution < -0.4 is 15.4 Å². The molecule has 6 nitrogen and oxygen atoms in total. The van der Waals surface area contributed by atoms with Crippen LogP contribution in [0, 0.1) is 0 Å². The van der Waals surface area contributed by atoms with Gasteiger partial charge in [0.2, 0.25) is 5.88 Å². The SMILES string of the molecule is CC(C)Oc1ncnc(N(C)C2CCN(C)CC2)c1N. The summed E-state index contributed by atoms with van der Waals surface area (Å²) >= 11 is 0. The first kappa shape index (κ1) is 14.8. The molecule has 1 aliphatic heterocycles. The average Bonchev–Trinajstić information content (AvgIpc) is 2.41. The molecule has 1 aromatic rings. The van der Waals surface area contributed by atoms with Crippen LogP contribution in [0.5, 0.6) is 5.88 Å². The zero-order chi connectivity index (χ0) is 14.7. The number of anilines is 2. The van der Waals surface area contributed by atoms with E-state index in [1.165, 1.54) is 6.33 Å². The fourth-order valence-electron chi connectivity index (χ4n) is 2.52. The van der Waals surface area contributed by atoms with Crippen molar-refractivity contribution in [2.75, 3.05) is 37.8 Å². The van der Waals surface area contributed by atoms with Gasteiger partial charge in [-0.2, -0.15) is 4.98 Å². The van der Waals surface area contributed by atoms with Crippen molar-refractivity contribution in [3.8, 4) is 5.88 Å². The van der Waals surface area contributed by atoms with Gasteiger partial charge in [0.15, 0.2) is 5.82 Å². The van der Waals surface area contributed by atoms with Crippen molar-refractivity contribution in [1.29, 1.82) is 0 Å². The zero-order valence-corrected chi connectivity index (χ0v) is 12.8. The second-order valence-corrected chi connectivity index (χ2v) is 5.73. The van der Waals surface area contributed by atoms with E-state index in [0.29, 0.717) is 17.6 Å². The number of ether oxygens (including phenoxy) is 1. The minimum atomic E-state index is 0.0497. The Morgan fingerprint density at radius 3 is 2.60 bits per heavy atom. The van der Waals surface area contributed by atoms with E-state index in [0.717, 1.165) is 31.7 Å². The van der Waals surface area contributed by atoms with Crippen LogP contribution in [0.25, 0.3) is 0 Å². The van der Waals surface area contributed by atoms with Gasteiger partial charge in [-0.05, 0) is 46.8 Å². The van der Waals surface area contributed by atoms with E-state index in [9.17, 15) is 0 Å². The number of hydrogen-bond donors (Lipinski definition) is 1. The lowest BCUT2D eigenvalue weighted by Gasteiger charge is -2.36. The molecule has 112 valence electrons. The van der Waals surface area contributed by atoms with Crippen LogP contribution in [0.4, 0.5) is 11.5 Å². The first-order chi connectivity index (χ1) is 9.49. The van der Waals surface area contributed by atoms with Gasteiger partial charge in [-0.3, -0.25) is 0 Å². The molecule has 2 heterocycles. The highest BCUT2D eigenvalue weighted by atomic mass is 16.5. The van der Waals surface area contributed by atoms with E-state index in [1.54, 1.807) is 0 Å². The largest absolute Gasteiger partial charge is 0.473 e. The summed E-state index contributed by atoms with van der Waals surface area (Å²) in [6.07, 6.45) is 3.82. The summed E-state index contributed by atoms with van der Waals surface area (Å²) < 4.78 is 5.63. The number of piperidine rings is 1. The Bertz CT molecular complexity index is 443. The van der Waals surface area contributed by atoms with Gasteiger partial charge >= 0.3 is 0 Å². The zero-order valence-electron chi connectivity index (χ0n) is 12.8. The summed E-state index contributed by atoms with van der Waals surface area (Å²) in [4.78, 5) is 13.0. The van der Waals surface area contributed by atoms with Gasteiger partial charge in [0.05, 0.1) is 6.10 Å². The molecule has 0 bridgehead atoms. The lowest BCUT2D eigenvalue weighted by molar-refractivity contribution is 0.233. The van der Waals surface area contributed by atoms with Gasteiger partial charge in [0, 0.05) is 13.1 Å². The maximum Gasteiger partial charge on any atom is 0.242 e. The molecule has 1 saturated heterocycles. The Labute approximate surface area is 120 Å². The third kappa shape index (κ3) is 3.30. The minimum absolute atomic E-state index is 0.0497. The Kier molecular flexibility index (Phi) is 4.65. The minimum Gasteiger partial charge on any atom is -0.473 e. The molecule has 1 aromatic heterocycles. The summed E-state index contributed by atoms with van der Waals surface area (Å²) in [5.74, 6) is 1.25. The highest BCUT2D eigenvalue weighted by Crippen LogP contribution is 2.30. The molecule has 20 heavy (non-hydrogen) atoms. The quantitative estimate of drug-likeness (QED) is 0.898. The Morgan fingerprint density at radius 1 is 1.35 bits per heavy atom. The topological polar surface area (TPSA) is 67.5 Å². The van der Waals surface area contributed by atoms with E-state index in [4.69, 9.17) is 10.5 Å². The van der Waals surface area contributed by atoms with E-state index < -0.39 is 0 Å². The lowest BCUT2D eigenvalue weighted by atomic mass is 10.0. The van der Waals surface area contributed by atoms with E-state index >= 15 is 0 Å². The summed E-state index contributed by atoms with van der Waals surface area (Å²) in [5.41, 5.74) is 6.69. The molecule has 6 heteroatoms. The number of nitrogen functional groups attached to an aromatic ring is 1. The maximum atomic E-state index is 6.16. The molecule has 2 N–H and O–H groups in total. The van der Waals surface area contributed by atoms with Crippen molar-refractivity contribution >= 4 is 11.5 Å². The molecule has 0 saturated carbocycles. The Balaban J connectivity index is 2.15. The van der Waals surface area contributed by atoms with Crippen molar-refractivity contribution in [3.63, 3.8) is 0 Å². The number of hydrogen-bond acceptors (Lipinski definition) is 6. The number of likely N-dealkylation sites (tertiary alicyclic amines) is 1. The number of rotatable bonds is 4. The summed E-state index contributed by atoms with van der Waals surface area (Å²) in [7, 11) is 4.21. The normalized spacial score (nSPS) is 17.4. The van der Waals surface area contributed by atoms with E-state index in [2.05, 4.69) is 26.8 Å². The Hall–Kier alpha value is -1.56. The smallest absolute Gasteiger partial charge is 0.242 e. The fourth-order valence-corrected chi connectivity index (χ4v) is 2.52. The molecule has 2 rings (SSSR count). The molecule has 1 fully saturated rings. The molecule has 0 aromatic carbocycles. The molecule has 1 aliphatic rings. The molecule has 0 aliphatic carbocycles. The first-order valence-electron chi connectivity index (χ1n) is 7.17. The van der Waals surface area contributed by atoms with Crippen LogP contribution in [0.2, 0.25) is 0 Å². The monoisotopic (exact) mass is 279 g/mol. The van der Waals surface area contributed by atoms with Crippen molar-refractivity contribution in [2.45, 2.75) is 38.8 Å². The molecular formula is C14H25N5O. The van der Waals surface area contributed by atoms with Crippen LogP contribution in [0.1, 0.15) is 26.7 Å². The first-order valence-corrected chi connectivity index (χ1v) is 7.17. The molecule has 0 amide bonds. The molecule has 0 unspecified atom stereocenters. The van der Waals surface area contributed by atoms with Crippen LogP contribution in [-0.2, 0) is 0 Å². The van der Waals surface area contributed by atoms with Crippen molar-refractivity contribution in [2.24, 2.45) is 0 Å². The Morgan fingerprint density at radius 2 is 2.00 bits per heavy atom. The molecule has 0 radical (unpaired) electrons. The second kappa shape index (κ2) is 6.26. The summed E-state index contributed by atoms with van der Waals surface area (Å²) in [6.45, 7) is 6.13. The van der Waals surface area contributed by atoms with Gasteiger partial charge in [-0.25, -0.2) is 4.98 Å². The van der Waals surface area contributed by atoms with Gasteiger partial charge in [-0.1, -0.05) is 0 Å². The predicted octanol–water partition coefficient (Wildman–Crippen LogP) is 1.38. The number of aromatic nitrogens is 2. The highest BCUT2D eigenvalue weighted by molar-refractivity contribution is 5.67. The highest BCUT2D eigenvalue weighted by Gasteiger charge is 2.24. The third-order valence-corrected chi connectivity index (χ3v) is 3.74. The van der Waals surface area contributed by atoms with Gasteiger partial charge in [-0.15, -0.1) is 0 Å². The maximum absolute atomic E-state index is 6.16. The average molecular weight is 279 g/mol. The number of nitrogens with zero attached hydrogens (tertiary/aromatic N) is 4.